The Hall–Kier alpha value is -1.84. The fourth-order valence-electron chi connectivity index (χ4n) is 2.76. The summed E-state index contributed by atoms with van der Waals surface area (Å²) in [5, 5.41) is 7.73. The van der Waals surface area contributed by atoms with Gasteiger partial charge in [0.05, 0.1) is 11.4 Å². The van der Waals surface area contributed by atoms with Crippen LogP contribution in [0.15, 0.2) is 27.5 Å². The number of benzene rings is 1. The number of rotatable bonds is 4. The van der Waals surface area contributed by atoms with Crippen molar-refractivity contribution in [3.8, 4) is 0 Å². The summed E-state index contributed by atoms with van der Waals surface area (Å²) in [6, 6.07) is 3.74. The minimum absolute atomic E-state index is 0.157. The van der Waals surface area contributed by atoms with Crippen LogP contribution < -0.4 is 0 Å². The SMILES string of the molecule is Cc1nnc(CN2CCN(S(=O)(=O)c3ccc(F)cc3C)CC2)o1. The number of hydrogen-bond donors (Lipinski definition) is 0. The molecule has 1 aliphatic rings. The molecule has 0 atom stereocenters. The summed E-state index contributed by atoms with van der Waals surface area (Å²) in [5.41, 5.74) is 0.416. The van der Waals surface area contributed by atoms with E-state index in [1.165, 1.54) is 22.5 Å². The topological polar surface area (TPSA) is 79.5 Å². The molecular weight excluding hydrogens is 335 g/mol. The summed E-state index contributed by atoms with van der Waals surface area (Å²) in [6.07, 6.45) is 0. The van der Waals surface area contributed by atoms with Crippen molar-refractivity contribution in [3.63, 3.8) is 0 Å². The van der Waals surface area contributed by atoms with Gasteiger partial charge < -0.3 is 4.42 Å². The van der Waals surface area contributed by atoms with Gasteiger partial charge in [-0.1, -0.05) is 0 Å². The largest absolute Gasteiger partial charge is 0.424 e. The van der Waals surface area contributed by atoms with E-state index in [1.807, 2.05) is 0 Å². The number of piperazine rings is 1. The molecule has 0 radical (unpaired) electrons. The number of nitrogens with zero attached hydrogens (tertiary/aromatic N) is 4. The molecule has 0 aliphatic carbocycles. The van der Waals surface area contributed by atoms with Gasteiger partial charge in [0.2, 0.25) is 21.8 Å². The maximum absolute atomic E-state index is 13.2. The van der Waals surface area contributed by atoms with Crippen LogP contribution in [0.5, 0.6) is 0 Å². The second kappa shape index (κ2) is 6.58. The number of aryl methyl sites for hydroxylation is 2. The lowest BCUT2D eigenvalue weighted by molar-refractivity contribution is 0.167. The fourth-order valence-corrected chi connectivity index (χ4v) is 4.39. The van der Waals surface area contributed by atoms with Gasteiger partial charge in [-0.25, -0.2) is 12.8 Å². The highest BCUT2D eigenvalue weighted by atomic mass is 32.2. The van der Waals surface area contributed by atoms with E-state index in [9.17, 15) is 12.8 Å². The first-order valence-electron chi connectivity index (χ1n) is 7.64. The highest BCUT2D eigenvalue weighted by Gasteiger charge is 2.30. The van der Waals surface area contributed by atoms with Crippen molar-refractivity contribution in [3.05, 3.63) is 41.4 Å². The fraction of sp³-hybridized carbons (Fsp3) is 0.467. The molecule has 0 saturated carbocycles. The molecule has 3 rings (SSSR count). The van der Waals surface area contributed by atoms with Crippen molar-refractivity contribution >= 4 is 10.0 Å². The highest BCUT2D eigenvalue weighted by Crippen LogP contribution is 2.22. The molecule has 1 aliphatic heterocycles. The second-order valence-corrected chi connectivity index (χ2v) is 7.71. The van der Waals surface area contributed by atoms with Crippen molar-refractivity contribution < 1.29 is 17.2 Å². The third-order valence-electron chi connectivity index (χ3n) is 4.01. The van der Waals surface area contributed by atoms with Gasteiger partial charge in [0.25, 0.3) is 0 Å². The molecule has 24 heavy (non-hydrogen) atoms. The minimum Gasteiger partial charge on any atom is -0.424 e. The van der Waals surface area contributed by atoms with E-state index in [2.05, 4.69) is 15.1 Å². The van der Waals surface area contributed by atoms with Gasteiger partial charge >= 0.3 is 0 Å². The number of hydrogen-bond acceptors (Lipinski definition) is 6. The van der Waals surface area contributed by atoms with Gasteiger partial charge in [0.1, 0.15) is 5.82 Å². The molecule has 0 amide bonds. The second-order valence-electron chi connectivity index (χ2n) is 5.80. The Labute approximate surface area is 140 Å². The molecule has 1 saturated heterocycles. The van der Waals surface area contributed by atoms with E-state index in [4.69, 9.17) is 4.42 Å². The maximum Gasteiger partial charge on any atom is 0.243 e. The zero-order chi connectivity index (χ0) is 17.3. The number of sulfonamides is 1. The molecule has 130 valence electrons. The average Bonchev–Trinajstić information content (AvgIpc) is 2.92. The van der Waals surface area contributed by atoms with Gasteiger partial charge in [-0.15, -0.1) is 10.2 Å². The zero-order valence-corrected chi connectivity index (χ0v) is 14.4. The van der Waals surface area contributed by atoms with Crippen LogP contribution in [0.4, 0.5) is 4.39 Å². The molecule has 0 unspecified atom stereocenters. The third kappa shape index (κ3) is 3.47. The summed E-state index contributed by atoms with van der Waals surface area (Å²) >= 11 is 0. The zero-order valence-electron chi connectivity index (χ0n) is 13.6. The summed E-state index contributed by atoms with van der Waals surface area (Å²) in [4.78, 5) is 2.22. The van der Waals surface area contributed by atoms with Gasteiger partial charge in [0.15, 0.2) is 0 Å². The predicted octanol–water partition coefficient (Wildman–Crippen LogP) is 1.33. The van der Waals surface area contributed by atoms with Crippen LogP contribution in [0.25, 0.3) is 0 Å². The van der Waals surface area contributed by atoms with Gasteiger partial charge in [0, 0.05) is 33.1 Å². The Kier molecular flexibility index (Phi) is 4.66. The lowest BCUT2D eigenvalue weighted by Gasteiger charge is -2.33. The van der Waals surface area contributed by atoms with Crippen LogP contribution in [0.3, 0.4) is 0 Å². The van der Waals surface area contributed by atoms with Crippen molar-refractivity contribution in [1.82, 2.24) is 19.4 Å². The summed E-state index contributed by atoms with van der Waals surface area (Å²) in [5.74, 6) is 0.599. The van der Waals surface area contributed by atoms with Crippen LogP contribution in [0, 0.1) is 19.7 Å². The minimum atomic E-state index is -3.61. The molecular formula is C15H19FN4O3S. The van der Waals surface area contributed by atoms with Crippen molar-refractivity contribution in [2.24, 2.45) is 0 Å². The smallest absolute Gasteiger partial charge is 0.243 e. The predicted molar refractivity (Wildman–Crippen MR) is 84.2 cm³/mol. The van der Waals surface area contributed by atoms with Gasteiger partial charge in [-0.3, -0.25) is 4.90 Å². The summed E-state index contributed by atoms with van der Waals surface area (Å²) in [6.45, 7) is 5.71. The van der Waals surface area contributed by atoms with Gasteiger partial charge in [-0.05, 0) is 30.7 Å². The molecule has 0 bridgehead atoms. The van der Waals surface area contributed by atoms with Crippen LogP contribution >= 0.6 is 0 Å². The molecule has 9 heteroatoms. The molecule has 1 aromatic carbocycles. The maximum atomic E-state index is 13.2. The molecule has 2 aromatic rings. The first-order valence-corrected chi connectivity index (χ1v) is 9.08. The van der Waals surface area contributed by atoms with E-state index in [1.54, 1.807) is 13.8 Å². The van der Waals surface area contributed by atoms with Crippen molar-refractivity contribution in [2.45, 2.75) is 25.3 Å². The Morgan fingerprint density at radius 1 is 1.17 bits per heavy atom. The number of halogens is 1. The van der Waals surface area contributed by atoms with E-state index in [0.717, 1.165) is 0 Å². The molecule has 0 spiro atoms. The molecule has 7 nitrogen and oxygen atoms in total. The lowest BCUT2D eigenvalue weighted by Crippen LogP contribution is -2.48. The Balaban J connectivity index is 1.67. The Bertz CT molecular complexity index is 829. The molecule has 0 N–H and O–H groups in total. The Morgan fingerprint density at radius 3 is 2.46 bits per heavy atom. The van der Waals surface area contributed by atoms with Gasteiger partial charge in [-0.2, -0.15) is 4.31 Å². The first-order chi connectivity index (χ1) is 11.4. The molecule has 2 heterocycles. The average molecular weight is 354 g/mol. The monoisotopic (exact) mass is 354 g/mol. The lowest BCUT2D eigenvalue weighted by atomic mass is 10.2. The molecule has 1 fully saturated rings. The van der Waals surface area contributed by atoms with Crippen LogP contribution in [-0.4, -0.2) is 54.0 Å². The first kappa shape index (κ1) is 17.0. The van der Waals surface area contributed by atoms with Crippen LogP contribution in [0.1, 0.15) is 17.3 Å². The molecule has 1 aromatic heterocycles. The van der Waals surface area contributed by atoms with Crippen LogP contribution in [-0.2, 0) is 16.6 Å². The van der Waals surface area contributed by atoms with Crippen molar-refractivity contribution in [2.75, 3.05) is 26.2 Å². The normalized spacial score (nSPS) is 17.3. The van der Waals surface area contributed by atoms with Crippen molar-refractivity contribution in [1.29, 1.82) is 0 Å². The highest BCUT2D eigenvalue weighted by molar-refractivity contribution is 7.89. The standard InChI is InChI=1S/C15H19FN4O3S/c1-11-9-13(16)3-4-14(11)24(21,22)20-7-5-19(6-8-20)10-15-18-17-12(2)23-15/h3-4,9H,5-8,10H2,1-2H3. The van der Waals surface area contributed by atoms with E-state index in [-0.39, 0.29) is 4.90 Å². The van der Waals surface area contributed by atoms with E-state index >= 15 is 0 Å². The van der Waals surface area contributed by atoms with Crippen LogP contribution in [0.2, 0.25) is 0 Å². The Morgan fingerprint density at radius 2 is 1.88 bits per heavy atom. The third-order valence-corrected chi connectivity index (χ3v) is 6.07. The quantitative estimate of drug-likeness (QED) is 0.824. The summed E-state index contributed by atoms with van der Waals surface area (Å²) < 4.78 is 45.4. The van der Waals surface area contributed by atoms with E-state index in [0.29, 0.717) is 50.1 Å². The van der Waals surface area contributed by atoms with E-state index < -0.39 is 15.8 Å². The summed E-state index contributed by atoms with van der Waals surface area (Å²) in [7, 11) is -3.61. The number of aromatic nitrogens is 2.